The third-order valence-electron chi connectivity index (χ3n) is 3.69. The highest BCUT2D eigenvalue weighted by Gasteiger charge is 2.20. The Morgan fingerprint density at radius 1 is 0.960 bits per heavy atom. The second-order valence-electron chi connectivity index (χ2n) is 5.74. The first-order valence-corrected chi connectivity index (χ1v) is 8.05. The highest BCUT2D eigenvalue weighted by Crippen LogP contribution is 2.24. The molecule has 4 heteroatoms. The maximum absolute atomic E-state index is 12.6. The lowest BCUT2D eigenvalue weighted by Crippen LogP contribution is -2.14. The summed E-state index contributed by atoms with van der Waals surface area (Å²) in [6, 6.07) is 20.6. The van der Waals surface area contributed by atoms with E-state index in [2.05, 4.69) is 4.98 Å². The van der Waals surface area contributed by atoms with E-state index < -0.39 is 5.97 Å². The molecule has 0 amide bonds. The van der Waals surface area contributed by atoms with Crippen LogP contribution >= 0.6 is 0 Å². The molecule has 0 radical (unpaired) electrons. The van der Waals surface area contributed by atoms with Crippen molar-refractivity contribution >= 4 is 5.97 Å². The molecule has 0 aliphatic rings. The average molecular weight is 333 g/mol. The summed E-state index contributed by atoms with van der Waals surface area (Å²) < 4.78 is 11.3. The lowest BCUT2D eigenvalue weighted by atomic mass is 10.1. The van der Waals surface area contributed by atoms with Crippen molar-refractivity contribution in [2.24, 2.45) is 0 Å². The molecule has 0 atom stereocenters. The topological polar surface area (TPSA) is 48.4 Å². The van der Waals surface area contributed by atoms with Gasteiger partial charge in [0.2, 0.25) is 5.88 Å². The summed E-state index contributed by atoms with van der Waals surface area (Å²) in [5, 5.41) is 0. The third kappa shape index (κ3) is 4.23. The van der Waals surface area contributed by atoms with E-state index in [9.17, 15) is 4.79 Å². The van der Waals surface area contributed by atoms with E-state index in [1.165, 1.54) is 0 Å². The molecule has 0 aliphatic carbocycles. The monoisotopic (exact) mass is 333 g/mol. The van der Waals surface area contributed by atoms with Crippen molar-refractivity contribution in [3.05, 3.63) is 89.1 Å². The molecule has 0 saturated heterocycles. The number of hydrogen-bond acceptors (Lipinski definition) is 4. The van der Waals surface area contributed by atoms with Gasteiger partial charge < -0.3 is 9.47 Å². The number of pyridine rings is 1. The first kappa shape index (κ1) is 16.7. The summed E-state index contributed by atoms with van der Waals surface area (Å²) in [6.07, 6.45) is 0. The highest BCUT2D eigenvalue weighted by atomic mass is 16.5. The molecule has 126 valence electrons. The minimum Gasteiger partial charge on any atom is -0.472 e. The molecule has 1 aromatic heterocycles. The summed E-state index contributed by atoms with van der Waals surface area (Å²) in [5.74, 6) is 0.308. The van der Waals surface area contributed by atoms with Gasteiger partial charge in [-0.05, 0) is 43.2 Å². The number of carbonyl (C=O) groups is 1. The number of ether oxygens (including phenoxy) is 2. The van der Waals surface area contributed by atoms with Gasteiger partial charge in [-0.25, -0.2) is 9.78 Å². The molecule has 0 aliphatic heterocycles. The maximum atomic E-state index is 12.6. The van der Waals surface area contributed by atoms with Crippen molar-refractivity contribution in [1.29, 1.82) is 0 Å². The SMILES string of the molecule is Cc1cc(C)c(C(=O)Oc2ccccc2)c(OCc2ccccc2)n1. The molecule has 0 bridgehead atoms. The molecule has 2 aromatic carbocycles. The molecule has 3 rings (SSSR count). The van der Waals surface area contributed by atoms with Gasteiger partial charge in [-0.15, -0.1) is 0 Å². The fourth-order valence-electron chi connectivity index (χ4n) is 2.53. The van der Waals surface area contributed by atoms with E-state index >= 15 is 0 Å². The summed E-state index contributed by atoms with van der Waals surface area (Å²) in [5.41, 5.74) is 2.92. The van der Waals surface area contributed by atoms with Gasteiger partial charge in [0.1, 0.15) is 17.9 Å². The van der Waals surface area contributed by atoms with E-state index in [0.717, 1.165) is 16.8 Å². The maximum Gasteiger partial charge on any atom is 0.349 e. The number of aryl methyl sites for hydroxylation is 2. The van der Waals surface area contributed by atoms with Crippen LogP contribution in [0.2, 0.25) is 0 Å². The van der Waals surface area contributed by atoms with Crippen molar-refractivity contribution in [3.63, 3.8) is 0 Å². The van der Waals surface area contributed by atoms with Crippen LogP contribution in [0.4, 0.5) is 0 Å². The van der Waals surface area contributed by atoms with Crippen LogP contribution in [-0.4, -0.2) is 11.0 Å². The van der Waals surface area contributed by atoms with Crippen LogP contribution in [0.25, 0.3) is 0 Å². The number of carbonyl (C=O) groups excluding carboxylic acids is 1. The first-order chi connectivity index (χ1) is 12.1. The van der Waals surface area contributed by atoms with Crippen molar-refractivity contribution in [1.82, 2.24) is 4.98 Å². The number of esters is 1. The quantitative estimate of drug-likeness (QED) is 0.510. The summed E-state index contributed by atoms with van der Waals surface area (Å²) in [6.45, 7) is 4.06. The van der Waals surface area contributed by atoms with Gasteiger partial charge in [-0.1, -0.05) is 48.5 Å². The molecule has 0 fully saturated rings. The second kappa shape index (κ2) is 7.62. The summed E-state index contributed by atoms with van der Waals surface area (Å²) in [4.78, 5) is 17.0. The summed E-state index contributed by atoms with van der Waals surface area (Å²) in [7, 11) is 0. The smallest absolute Gasteiger partial charge is 0.349 e. The Hall–Kier alpha value is -3.14. The van der Waals surface area contributed by atoms with Gasteiger partial charge in [0.15, 0.2) is 0 Å². The van der Waals surface area contributed by atoms with Crippen LogP contribution in [0.1, 0.15) is 27.2 Å². The Morgan fingerprint density at radius 2 is 1.60 bits per heavy atom. The molecular formula is C21H19NO3. The van der Waals surface area contributed by atoms with Crippen molar-refractivity contribution in [3.8, 4) is 11.6 Å². The molecule has 1 heterocycles. The molecule has 3 aromatic rings. The van der Waals surface area contributed by atoms with Crippen molar-refractivity contribution < 1.29 is 14.3 Å². The fraction of sp³-hybridized carbons (Fsp3) is 0.143. The standard InChI is InChI=1S/C21H19NO3/c1-15-13-16(2)22-20(24-14-17-9-5-3-6-10-17)19(15)21(23)25-18-11-7-4-8-12-18/h3-13H,14H2,1-2H3. The van der Waals surface area contributed by atoms with Crippen LogP contribution < -0.4 is 9.47 Å². The number of aromatic nitrogens is 1. The van der Waals surface area contributed by atoms with Crippen LogP contribution in [0.3, 0.4) is 0 Å². The number of hydrogen-bond donors (Lipinski definition) is 0. The Kier molecular flexibility index (Phi) is 5.09. The van der Waals surface area contributed by atoms with E-state index in [1.54, 1.807) is 12.1 Å². The Labute approximate surface area is 147 Å². The van der Waals surface area contributed by atoms with E-state index in [1.807, 2.05) is 68.4 Å². The summed E-state index contributed by atoms with van der Waals surface area (Å²) >= 11 is 0. The van der Waals surface area contributed by atoms with Crippen molar-refractivity contribution in [2.75, 3.05) is 0 Å². The normalized spacial score (nSPS) is 10.3. The van der Waals surface area contributed by atoms with Gasteiger partial charge in [0.25, 0.3) is 0 Å². The number of nitrogens with zero attached hydrogens (tertiary/aromatic N) is 1. The Bertz CT molecular complexity index is 861. The van der Waals surface area contributed by atoms with Crippen LogP contribution in [0.5, 0.6) is 11.6 Å². The van der Waals surface area contributed by atoms with Gasteiger partial charge in [0, 0.05) is 5.69 Å². The minimum absolute atomic E-state index is 0.294. The second-order valence-corrected chi connectivity index (χ2v) is 5.74. The van der Waals surface area contributed by atoms with Gasteiger partial charge in [0.05, 0.1) is 0 Å². The minimum atomic E-state index is -0.473. The van der Waals surface area contributed by atoms with E-state index in [0.29, 0.717) is 23.8 Å². The Balaban J connectivity index is 1.85. The molecule has 0 spiro atoms. The molecule has 0 unspecified atom stereocenters. The van der Waals surface area contributed by atoms with Crippen LogP contribution in [0.15, 0.2) is 66.7 Å². The molecule has 4 nitrogen and oxygen atoms in total. The zero-order valence-corrected chi connectivity index (χ0v) is 14.2. The molecule has 0 N–H and O–H groups in total. The zero-order valence-electron chi connectivity index (χ0n) is 14.2. The average Bonchev–Trinajstić information content (AvgIpc) is 2.61. The van der Waals surface area contributed by atoms with Gasteiger partial charge in [-0.2, -0.15) is 0 Å². The van der Waals surface area contributed by atoms with Crippen molar-refractivity contribution in [2.45, 2.75) is 20.5 Å². The van der Waals surface area contributed by atoms with E-state index in [4.69, 9.17) is 9.47 Å². The zero-order chi connectivity index (χ0) is 17.6. The fourth-order valence-corrected chi connectivity index (χ4v) is 2.53. The predicted octanol–water partition coefficient (Wildman–Crippen LogP) is 4.50. The number of benzene rings is 2. The highest BCUT2D eigenvalue weighted by molar-refractivity contribution is 5.95. The van der Waals surface area contributed by atoms with Crippen LogP contribution in [0, 0.1) is 13.8 Å². The van der Waals surface area contributed by atoms with Gasteiger partial charge >= 0.3 is 5.97 Å². The molecular weight excluding hydrogens is 314 g/mol. The lowest BCUT2D eigenvalue weighted by molar-refractivity contribution is 0.0727. The largest absolute Gasteiger partial charge is 0.472 e. The molecule has 25 heavy (non-hydrogen) atoms. The van der Waals surface area contributed by atoms with Gasteiger partial charge in [-0.3, -0.25) is 0 Å². The number of rotatable bonds is 5. The lowest BCUT2D eigenvalue weighted by Gasteiger charge is -2.13. The Morgan fingerprint density at radius 3 is 2.28 bits per heavy atom. The third-order valence-corrected chi connectivity index (χ3v) is 3.69. The first-order valence-electron chi connectivity index (χ1n) is 8.05. The molecule has 0 saturated carbocycles. The predicted molar refractivity (Wildman–Crippen MR) is 95.9 cm³/mol. The number of para-hydroxylation sites is 1. The van der Waals surface area contributed by atoms with E-state index in [-0.39, 0.29) is 0 Å². The van der Waals surface area contributed by atoms with Crippen LogP contribution in [-0.2, 0) is 6.61 Å².